The second kappa shape index (κ2) is 6.70. The lowest BCUT2D eigenvalue weighted by molar-refractivity contribution is -0.234. The first-order valence-corrected chi connectivity index (χ1v) is 14.8. The van der Waals surface area contributed by atoms with E-state index in [2.05, 4.69) is 71.1 Å². The third-order valence-electron chi connectivity index (χ3n) is 9.27. The molecule has 5 rings (SSSR count). The second-order valence-corrected chi connectivity index (χ2v) is 16.5. The van der Waals surface area contributed by atoms with E-state index in [-0.39, 0.29) is 16.2 Å². The molecule has 3 aliphatic carbocycles. The molecule has 1 saturated heterocycles. The third-order valence-corrected chi connectivity index (χ3v) is 13.6. The Morgan fingerprint density at radius 1 is 1.07 bits per heavy atom. The van der Waals surface area contributed by atoms with Gasteiger partial charge in [0.1, 0.15) is 5.75 Å². The van der Waals surface area contributed by atoms with Gasteiger partial charge in [-0.05, 0) is 78.4 Å². The highest BCUT2D eigenvalue weighted by atomic mass is 28.4. The van der Waals surface area contributed by atoms with Crippen LogP contribution < -0.4 is 4.43 Å². The Balaban J connectivity index is 1.41. The van der Waals surface area contributed by atoms with Crippen molar-refractivity contribution >= 4 is 14.4 Å². The molecule has 4 atom stereocenters. The number of benzene rings is 1. The van der Waals surface area contributed by atoms with Crippen molar-refractivity contribution in [3.05, 3.63) is 35.4 Å². The summed E-state index contributed by atoms with van der Waals surface area (Å²) in [6.07, 6.45) is 9.53. The molecule has 0 aromatic heterocycles. The van der Waals surface area contributed by atoms with Gasteiger partial charge in [-0.3, -0.25) is 0 Å². The van der Waals surface area contributed by atoms with Crippen LogP contribution in [0.1, 0.15) is 70.4 Å². The highest BCUT2D eigenvalue weighted by molar-refractivity contribution is 6.74. The SMILES string of the molecule is CC(C)(C)[Si](C)(C)Oc1ccc2c(c1)C=CC1C2CC[C@@]2(C)C1CCC21OCCO1. The van der Waals surface area contributed by atoms with Crippen LogP contribution in [0.4, 0.5) is 0 Å². The van der Waals surface area contributed by atoms with Crippen LogP contribution in [0, 0.1) is 17.3 Å². The predicted octanol–water partition coefficient (Wildman–Crippen LogP) is 6.75. The molecule has 0 N–H and O–H groups in total. The molecule has 1 spiro atoms. The first kappa shape index (κ1) is 20.8. The molecule has 4 heteroatoms. The Bertz CT molecular complexity index is 862. The van der Waals surface area contributed by atoms with E-state index in [0.717, 1.165) is 25.4 Å². The normalized spacial score (nSPS) is 34.5. The Kier molecular flexibility index (Phi) is 4.64. The van der Waals surface area contributed by atoms with Gasteiger partial charge in [0, 0.05) is 11.8 Å². The topological polar surface area (TPSA) is 27.7 Å². The summed E-state index contributed by atoms with van der Waals surface area (Å²) in [6.45, 7) is 15.5. The molecular weight excluding hydrogens is 388 g/mol. The summed E-state index contributed by atoms with van der Waals surface area (Å²) in [6, 6.07) is 6.87. The zero-order valence-corrected chi connectivity index (χ0v) is 20.6. The van der Waals surface area contributed by atoms with Crippen LogP contribution in [0.25, 0.3) is 6.08 Å². The van der Waals surface area contributed by atoms with Crippen LogP contribution in [0.2, 0.25) is 18.1 Å². The van der Waals surface area contributed by atoms with E-state index in [9.17, 15) is 0 Å². The van der Waals surface area contributed by atoms with E-state index in [0.29, 0.717) is 17.8 Å². The summed E-state index contributed by atoms with van der Waals surface area (Å²) in [5.74, 6) is 2.56. The molecule has 0 bridgehead atoms. The van der Waals surface area contributed by atoms with E-state index in [1.807, 2.05) is 0 Å². The molecule has 1 aliphatic heterocycles. The lowest BCUT2D eigenvalue weighted by Gasteiger charge is -2.51. The predicted molar refractivity (Wildman–Crippen MR) is 124 cm³/mol. The van der Waals surface area contributed by atoms with Crippen LogP contribution in [-0.2, 0) is 9.47 Å². The Labute approximate surface area is 183 Å². The van der Waals surface area contributed by atoms with E-state index in [4.69, 9.17) is 13.9 Å². The van der Waals surface area contributed by atoms with Gasteiger partial charge >= 0.3 is 0 Å². The van der Waals surface area contributed by atoms with Gasteiger partial charge in [0.2, 0.25) is 8.32 Å². The molecule has 1 aromatic carbocycles. The van der Waals surface area contributed by atoms with Crippen molar-refractivity contribution in [3.8, 4) is 5.75 Å². The van der Waals surface area contributed by atoms with Crippen molar-refractivity contribution < 1.29 is 13.9 Å². The average molecular weight is 427 g/mol. The quantitative estimate of drug-likeness (QED) is 0.490. The van der Waals surface area contributed by atoms with Gasteiger partial charge in [0.15, 0.2) is 5.79 Å². The lowest BCUT2D eigenvalue weighted by atomic mass is 9.56. The summed E-state index contributed by atoms with van der Waals surface area (Å²) >= 11 is 0. The Morgan fingerprint density at radius 3 is 2.50 bits per heavy atom. The lowest BCUT2D eigenvalue weighted by Crippen LogP contribution is -2.50. The average Bonchev–Trinajstić information content (AvgIpc) is 3.26. The smallest absolute Gasteiger partial charge is 0.250 e. The van der Waals surface area contributed by atoms with E-state index in [1.165, 1.54) is 30.4 Å². The van der Waals surface area contributed by atoms with Crippen LogP contribution in [0.5, 0.6) is 5.75 Å². The highest BCUT2D eigenvalue weighted by Gasteiger charge is 2.64. The molecule has 0 radical (unpaired) electrons. The van der Waals surface area contributed by atoms with Crippen LogP contribution in [0.3, 0.4) is 0 Å². The molecule has 30 heavy (non-hydrogen) atoms. The molecule has 1 heterocycles. The van der Waals surface area contributed by atoms with Crippen LogP contribution in [0.15, 0.2) is 24.3 Å². The van der Waals surface area contributed by atoms with Crippen molar-refractivity contribution in [2.24, 2.45) is 17.3 Å². The maximum absolute atomic E-state index is 6.59. The Hall–Kier alpha value is -1.10. The molecule has 0 amide bonds. The van der Waals surface area contributed by atoms with Crippen molar-refractivity contribution in [1.29, 1.82) is 0 Å². The minimum Gasteiger partial charge on any atom is -0.543 e. The zero-order valence-electron chi connectivity index (χ0n) is 19.6. The van der Waals surface area contributed by atoms with E-state index < -0.39 is 8.32 Å². The van der Waals surface area contributed by atoms with Gasteiger partial charge in [0.05, 0.1) is 13.2 Å². The number of fused-ring (bicyclic) bond motifs is 6. The molecule has 2 saturated carbocycles. The number of hydrogen-bond donors (Lipinski definition) is 0. The number of rotatable bonds is 2. The molecule has 164 valence electrons. The highest BCUT2D eigenvalue weighted by Crippen LogP contribution is 2.65. The van der Waals surface area contributed by atoms with Crippen LogP contribution in [-0.4, -0.2) is 27.3 Å². The van der Waals surface area contributed by atoms with Gasteiger partial charge in [-0.1, -0.05) is 45.9 Å². The van der Waals surface area contributed by atoms with Gasteiger partial charge in [-0.25, -0.2) is 0 Å². The summed E-state index contributed by atoms with van der Waals surface area (Å²) < 4.78 is 19.1. The minimum absolute atomic E-state index is 0.137. The maximum Gasteiger partial charge on any atom is 0.250 e. The third kappa shape index (κ3) is 2.90. The Morgan fingerprint density at radius 2 is 1.80 bits per heavy atom. The molecule has 3 nitrogen and oxygen atoms in total. The molecule has 4 aliphatic rings. The summed E-state index contributed by atoms with van der Waals surface area (Å²) in [7, 11) is -1.82. The first-order valence-electron chi connectivity index (χ1n) is 11.9. The number of ether oxygens (including phenoxy) is 2. The second-order valence-electron chi connectivity index (χ2n) is 11.7. The number of allylic oxidation sites excluding steroid dienone is 1. The van der Waals surface area contributed by atoms with Crippen molar-refractivity contribution in [2.75, 3.05) is 13.2 Å². The fraction of sp³-hybridized carbons (Fsp3) is 0.692. The van der Waals surface area contributed by atoms with Crippen molar-refractivity contribution in [1.82, 2.24) is 0 Å². The summed E-state index contributed by atoms with van der Waals surface area (Å²) in [5.41, 5.74) is 3.01. The van der Waals surface area contributed by atoms with Gasteiger partial charge in [-0.15, -0.1) is 0 Å². The maximum atomic E-state index is 6.59. The molecular formula is C26H38O3Si. The van der Waals surface area contributed by atoms with E-state index in [1.54, 1.807) is 0 Å². The number of hydrogen-bond acceptors (Lipinski definition) is 3. The largest absolute Gasteiger partial charge is 0.543 e. The van der Waals surface area contributed by atoms with Gasteiger partial charge in [0.25, 0.3) is 0 Å². The summed E-state index contributed by atoms with van der Waals surface area (Å²) in [4.78, 5) is 0. The first-order chi connectivity index (χ1) is 14.1. The molecule has 3 unspecified atom stereocenters. The molecule has 1 aromatic rings. The molecule has 3 fully saturated rings. The van der Waals surface area contributed by atoms with Crippen LogP contribution >= 0.6 is 0 Å². The fourth-order valence-corrected chi connectivity index (χ4v) is 7.50. The standard InChI is InChI=1S/C26H38O3Si/c1-24(2,3)30(5,6)29-19-8-10-20-18(17-19)7-9-22-21(20)11-13-25(4)23(22)12-14-26(25)27-15-16-28-26/h7-10,17,21-23H,11-16H2,1-6H3/t21?,22?,23?,25-/m0/s1. The van der Waals surface area contributed by atoms with Gasteiger partial charge in [-0.2, -0.15) is 0 Å². The zero-order chi connectivity index (χ0) is 21.4. The van der Waals surface area contributed by atoms with Crippen molar-refractivity contribution in [2.45, 2.75) is 83.2 Å². The minimum atomic E-state index is -1.82. The fourth-order valence-electron chi connectivity index (χ4n) is 6.47. The van der Waals surface area contributed by atoms with Crippen molar-refractivity contribution in [3.63, 3.8) is 0 Å². The monoisotopic (exact) mass is 426 g/mol. The summed E-state index contributed by atoms with van der Waals surface area (Å²) in [5, 5.41) is 0.209. The van der Waals surface area contributed by atoms with E-state index >= 15 is 0 Å². The van der Waals surface area contributed by atoms with Gasteiger partial charge < -0.3 is 13.9 Å².